The molecular weight excluding hydrogens is 250 g/mol. The van der Waals surface area contributed by atoms with Crippen molar-refractivity contribution in [1.82, 2.24) is 0 Å². The van der Waals surface area contributed by atoms with Gasteiger partial charge in [-0.25, -0.2) is 4.79 Å². The van der Waals surface area contributed by atoms with E-state index in [0.29, 0.717) is 6.42 Å². The van der Waals surface area contributed by atoms with Crippen LogP contribution in [0, 0.1) is 16.0 Å². The Morgan fingerprint density at radius 2 is 2.35 bits per heavy atom. The van der Waals surface area contributed by atoms with Gasteiger partial charge in [-0.3, -0.25) is 14.9 Å². The van der Waals surface area contributed by atoms with Gasteiger partial charge in [-0.1, -0.05) is 0 Å². The lowest BCUT2D eigenvalue weighted by molar-refractivity contribution is -0.512. The van der Waals surface area contributed by atoms with E-state index in [4.69, 9.17) is 11.6 Å². The molecule has 0 saturated heterocycles. The molecule has 7 heteroatoms. The first-order valence-electron chi connectivity index (χ1n) is 5.42. The Morgan fingerprint density at radius 3 is 2.76 bits per heavy atom. The standard InChI is InChI=1S/C10H14ClNO5/c1-2-17-10(14)8(12(15)16)4-6-3-7(11)9(13)5-6/h6-8H,2-5H2,1H3. The van der Waals surface area contributed by atoms with E-state index < -0.39 is 22.3 Å². The summed E-state index contributed by atoms with van der Waals surface area (Å²) in [7, 11) is 0. The van der Waals surface area contributed by atoms with Crippen LogP contribution in [-0.2, 0) is 14.3 Å². The number of halogens is 1. The fraction of sp³-hybridized carbons (Fsp3) is 0.800. The Hall–Kier alpha value is -1.17. The first-order chi connectivity index (χ1) is 7.95. The van der Waals surface area contributed by atoms with Gasteiger partial charge in [-0.2, -0.15) is 0 Å². The summed E-state index contributed by atoms with van der Waals surface area (Å²) >= 11 is 5.73. The molecule has 3 atom stereocenters. The zero-order valence-electron chi connectivity index (χ0n) is 9.43. The molecule has 1 saturated carbocycles. The average molecular weight is 264 g/mol. The topological polar surface area (TPSA) is 86.5 Å². The third kappa shape index (κ3) is 3.66. The zero-order valence-corrected chi connectivity index (χ0v) is 10.2. The van der Waals surface area contributed by atoms with E-state index in [9.17, 15) is 19.7 Å². The van der Waals surface area contributed by atoms with E-state index >= 15 is 0 Å². The van der Waals surface area contributed by atoms with Gasteiger partial charge in [0.1, 0.15) is 0 Å². The van der Waals surface area contributed by atoms with E-state index in [2.05, 4.69) is 4.74 Å². The summed E-state index contributed by atoms with van der Waals surface area (Å²) in [4.78, 5) is 32.7. The second-order valence-electron chi connectivity index (χ2n) is 4.03. The van der Waals surface area contributed by atoms with Crippen molar-refractivity contribution >= 4 is 23.4 Å². The van der Waals surface area contributed by atoms with Gasteiger partial charge in [-0.05, 0) is 19.3 Å². The quantitative estimate of drug-likeness (QED) is 0.322. The molecule has 1 rings (SSSR count). The van der Waals surface area contributed by atoms with Crippen LogP contribution in [-0.4, -0.2) is 34.7 Å². The molecule has 0 amide bonds. The molecule has 0 aliphatic heterocycles. The van der Waals surface area contributed by atoms with Crippen LogP contribution in [0.15, 0.2) is 0 Å². The molecule has 0 radical (unpaired) electrons. The number of alkyl halides is 1. The highest BCUT2D eigenvalue weighted by Gasteiger charge is 2.39. The van der Waals surface area contributed by atoms with Crippen LogP contribution in [0.5, 0.6) is 0 Å². The molecule has 17 heavy (non-hydrogen) atoms. The SMILES string of the molecule is CCOC(=O)C(CC1CC(=O)C(Cl)C1)[N+](=O)[O-]. The number of carbonyl (C=O) groups excluding carboxylic acids is 2. The minimum Gasteiger partial charge on any atom is -0.461 e. The monoisotopic (exact) mass is 263 g/mol. The molecule has 0 spiro atoms. The van der Waals surface area contributed by atoms with Gasteiger partial charge in [-0.15, -0.1) is 11.6 Å². The van der Waals surface area contributed by atoms with Gasteiger partial charge in [0, 0.05) is 17.8 Å². The van der Waals surface area contributed by atoms with Crippen LogP contribution in [0.3, 0.4) is 0 Å². The van der Waals surface area contributed by atoms with E-state index in [0.717, 1.165) is 0 Å². The van der Waals surface area contributed by atoms with E-state index in [1.165, 1.54) is 0 Å². The van der Waals surface area contributed by atoms with Crippen molar-refractivity contribution < 1.29 is 19.2 Å². The second-order valence-corrected chi connectivity index (χ2v) is 4.56. The first-order valence-corrected chi connectivity index (χ1v) is 5.86. The lowest BCUT2D eigenvalue weighted by atomic mass is 9.99. The summed E-state index contributed by atoms with van der Waals surface area (Å²) in [5, 5.41) is 10.2. The molecule has 0 bridgehead atoms. The van der Waals surface area contributed by atoms with Gasteiger partial charge < -0.3 is 4.74 Å². The lowest BCUT2D eigenvalue weighted by Crippen LogP contribution is -2.33. The van der Waals surface area contributed by atoms with Gasteiger partial charge in [0.05, 0.1) is 12.0 Å². The Morgan fingerprint density at radius 1 is 1.71 bits per heavy atom. The summed E-state index contributed by atoms with van der Waals surface area (Å²) in [6.07, 6.45) is 0.614. The molecule has 96 valence electrons. The average Bonchev–Trinajstić information content (AvgIpc) is 2.54. The van der Waals surface area contributed by atoms with Gasteiger partial charge in [0.25, 0.3) is 0 Å². The number of carbonyl (C=O) groups is 2. The number of hydrogen-bond acceptors (Lipinski definition) is 5. The third-order valence-corrected chi connectivity index (χ3v) is 3.17. The van der Waals surface area contributed by atoms with Crippen molar-refractivity contribution in [2.75, 3.05) is 6.61 Å². The minimum absolute atomic E-state index is 0.0147. The molecule has 0 N–H and O–H groups in total. The van der Waals surface area contributed by atoms with E-state index in [-0.39, 0.29) is 31.1 Å². The maximum absolute atomic E-state index is 11.4. The van der Waals surface area contributed by atoms with Crippen molar-refractivity contribution in [3.05, 3.63) is 10.1 Å². The molecule has 0 aromatic rings. The smallest absolute Gasteiger partial charge is 0.381 e. The largest absolute Gasteiger partial charge is 0.461 e. The maximum Gasteiger partial charge on any atom is 0.381 e. The molecular formula is C10H14ClNO5. The van der Waals surface area contributed by atoms with E-state index in [1.54, 1.807) is 6.92 Å². The molecule has 0 aromatic heterocycles. The minimum atomic E-state index is -1.39. The van der Waals surface area contributed by atoms with E-state index in [1.807, 2.05) is 0 Å². The highest BCUT2D eigenvalue weighted by molar-refractivity contribution is 6.31. The lowest BCUT2D eigenvalue weighted by Gasteiger charge is -2.12. The van der Waals surface area contributed by atoms with Crippen molar-refractivity contribution in [3.63, 3.8) is 0 Å². The molecule has 3 unspecified atom stereocenters. The van der Waals surface area contributed by atoms with Crippen LogP contribution < -0.4 is 0 Å². The highest BCUT2D eigenvalue weighted by atomic mass is 35.5. The summed E-state index contributed by atoms with van der Waals surface area (Å²) in [5.74, 6) is -1.16. The first kappa shape index (κ1) is 13.9. The fourth-order valence-corrected chi connectivity index (χ4v) is 2.26. The van der Waals surface area contributed by atoms with Crippen molar-refractivity contribution in [2.24, 2.45) is 5.92 Å². The van der Waals surface area contributed by atoms with Crippen LogP contribution in [0.1, 0.15) is 26.2 Å². The molecule has 6 nitrogen and oxygen atoms in total. The number of ketones is 1. The van der Waals surface area contributed by atoms with Gasteiger partial charge in [0.2, 0.25) is 0 Å². The van der Waals surface area contributed by atoms with Crippen molar-refractivity contribution in [2.45, 2.75) is 37.6 Å². The zero-order chi connectivity index (χ0) is 13.0. The molecule has 0 heterocycles. The predicted molar refractivity (Wildman–Crippen MR) is 59.4 cm³/mol. The van der Waals surface area contributed by atoms with Crippen LogP contribution in [0.2, 0.25) is 0 Å². The Labute approximate surface area is 103 Å². The Balaban J connectivity index is 2.59. The summed E-state index contributed by atoms with van der Waals surface area (Å²) in [6, 6.07) is -1.39. The number of nitrogens with zero attached hydrogens (tertiary/aromatic N) is 1. The number of Topliss-reactive ketones (excluding diaryl/α,β-unsaturated/α-hetero) is 1. The molecule has 0 aromatic carbocycles. The van der Waals surface area contributed by atoms with Crippen molar-refractivity contribution in [1.29, 1.82) is 0 Å². The molecule has 1 aliphatic carbocycles. The Kier molecular flexibility index (Phi) is 4.86. The maximum atomic E-state index is 11.4. The number of esters is 1. The van der Waals surface area contributed by atoms with Gasteiger partial charge in [0.15, 0.2) is 5.78 Å². The van der Waals surface area contributed by atoms with Crippen LogP contribution >= 0.6 is 11.6 Å². The van der Waals surface area contributed by atoms with Gasteiger partial charge >= 0.3 is 12.0 Å². The summed E-state index contributed by atoms with van der Waals surface area (Å²) in [6.45, 7) is 1.69. The van der Waals surface area contributed by atoms with Crippen LogP contribution in [0.4, 0.5) is 0 Å². The fourth-order valence-electron chi connectivity index (χ4n) is 1.92. The number of hydrogen-bond donors (Lipinski definition) is 0. The number of nitro groups is 1. The summed E-state index contributed by atoms with van der Waals surface area (Å²) in [5.41, 5.74) is 0. The third-order valence-electron chi connectivity index (χ3n) is 2.75. The summed E-state index contributed by atoms with van der Waals surface area (Å²) < 4.78 is 4.63. The normalized spacial score (nSPS) is 25.6. The molecule has 1 fully saturated rings. The number of rotatable bonds is 5. The number of ether oxygens (including phenoxy) is 1. The predicted octanol–water partition coefficient (Wildman–Crippen LogP) is 1.17. The second kappa shape index (κ2) is 5.95. The highest BCUT2D eigenvalue weighted by Crippen LogP contribution is 2.30. The Bertz CT molecular complexity index is 333. The van der Waals surface area contributed by atoms with Crippen molar-refractivity contribution in [3.8, 4) is 0 Å². The molecule has 1 aliphatic rings. The van der Waals surface area contributed by atoms with Crippen LogP contribution in [0.25, 0.3) is 0 Å².